The van der Waals surface area contributed by atoms with Crippen molar-refractivity contribution in [1.29, 1.82) is 0 Å². The first-order chi connectivity index (χ1) is 16.8. The Bertz CT molecular complexity index is 1360. The molecule has 178 valence electrons. The highest BCUT2D eigenvalue weighted by Gasteiger charge is 2.34. The van der Waals surface area contributed by atoms with E-state index in [2.05, 4.69) is 5.32 Å². The molecule has 0 saturated carbocycles. The van der Waals surface area contributed by atoms with Gasteiger partial charge in [0.2, 0.25) is 0 Å². The van der Waals surface area contributed by atoms with Crippen LogP contribution in [0.5, 0.6) is 11.5 Å². The van der Waals surface area contributed by atoms with Crippen LogP contribution in [0.1, 0.15) is 11.1 Å². The maximum absolute atomic E-state index is 13.2. The van der Waals surface area contributed by atoms with Gasteiger partial charge in [-0.05, 0) is 65.8 Å². The van der Waals surface area contributed by atoms with Crippen molar-refractivity contribution in [3.8, 4) is 11.5 Å². The average Bonchev–Trinajstić information content (AvgIpc) is 2.83. The topological polar surface area (TPSA) is 67.9 Å². The number of methoxy groups -OCH3 is 1. The molecule has 0 aliphatic carbocycles. The normalized spacial score (nSPS) is 14.8. The van der Waals surface area contributed by atoms with Crippen LogP contribution >= 0.6 is 47.0 Å². The van der Waals surface area contributed by atoms with Crippen LogP contribution in [0.3, 0.4) is 0 Å². The lowest BCUT2D eigenvalue weighted by Crippen LogP contribution is -2.54. The van der Waals surface area contributed by atoms with Crippen LogP contribution in [0.2, 0.25) is 15.1 Å². The van der Waals surface area contributed by atoms with Crippen LogP contribution in [0.15, 0.2) is 66.2 Å². The van der Waals surface area contributed by atoms with Crippen molar-refractivity contribution in [3.05, 3.63) is 92.4 Å². The Morgan fingerprint density at radius 1 is 0.971 bits per heavy atom. The zero-order valence-electron chi connectivity index (χ0n) is 18.2. The number of hydrogen-bond acceptors (Lipinski definition) is 5. The predicted molar refractivity (Wildman–Crippen MR) is 141 cm³/mol. The van der Waals surface area contributed by atoms with Crippen LogP contribution in [-0.4, -0.2) is 24.0 Å². The molecule has 0 radical (unpaired) electrons. The van der Waals surface area contributed by atoms with E-state index < -0.39 is 11.8 Å². The Morgan fingerprint density at radius 3 is 2.40 bits per heavy atom. The summed E-state index contributed by atoms with van der Waals surface area (Å²) in [6, 6.07) is 17.1. The van der Waals surface area contributed by atoms with Crippen molar-refractivity contribution in [2.45, 2.75) is 6.61 Å². The van der Waals surface area contributed by atoms with Gasteiger partial charge in [0.05, 0.1) is 27.9 Å². The molecule has 1 heterocycles. The number of hydrogen-bond donors (Lipinski definition) is 1. The van der Waals surface area contributed by atoms with Gasteiger partial charge >= 0.3 is 0 Å². The van der Waals surface area contributed by atoms with Crippen LogP contribution in [-0.2, 0) is 16.2 Å². The number of halogens is 3. The molecular weight excluding hydrogens is 531 g/mol. The molecule has 0 spiro atoms. The molecule has 35 heavy (non-hydrogen) atoms. The second-order valence-corrected chi connectivity index (χ2v) is 8.97. The summed E-state index contributed by atoms with van der Waals surface area (Å²) < 4.78 is 11.3. The monoisotopic (exact) mass is 546 g/mol. The lowest BCUT2D eigenvalue weighted by Gasteiger charge is -2.28. The van der Waals surface area contributed by atoms with Crippen molar-refractivity contribution >= 4 is 75.7 Å². The zero-order valence-corrected chi connectivity index (χ0v) is 21.3. The molecule has 1 fully saturated rings. The Hall–Kier alpha value is -3.10. The Kier molecular flexibility index (Phi) is 7.62. The average molecular weight is 548 g/mol. The largest absolute Gasteiger partial charge is 0.493 e. The SMILES string of the molecule is COc1cc(/C=C2/C(=O)NC(=S)N(c3ccccc3)C2=O)cc(Cl)c1OCc1ccc(Cl)c(Cl)c1. The first kappa shape index (κ1) is 25.0. The smallest absolute Gasteiger partial charge is 0.270 e. The zero-order chi connectivity index (χ0) is 25.1. The number of carbonyl (C=O) groups is 2. The molecule has 2 amide bonds. The molecule has 0 atom stereocenters. The maximum atomic E-state index is 13.2. The molecule has 1 saturated heterocycles. The van der Waals surface area contributed by atoms with Crippen molar-refractivity contribution in [3.63, 3.8) is 0 Å². The fourth-order valence-corrected chi connectivity index (χ4v) is 4.26. The molecule has 1 aliphatic rings. The van der Waals surface area contributed by atoms with Gasteiger partial charge < -0.3 is 9.47 Å². The minimum absolute atomic E-state index is 0.00464. The number of rotatable bonds is 6. The van der Waals surface area contributed by atoms with E-state index in [9.17, 15) is 9.59 Å². The van der Waals surface area contributed by atoms with Gasteiger partial charge in [-0.2, -0.15) is 0 Å². The van der Waals surface area contributed by atoms with Crippen LogP contribution in [0, 0.1) is 0 Å². The number of amides is 2. The van der Waals surface area contributed by atoms with E-state index in [0.717, 1.165) is 5.56 Å². The molecule has 1 aliphatic heterocycles. The molecule has 0 bridgehead atoms. The molecular formula is C25H17Cl3N2O4S. The van der Waals surface area contributed by atoms with Gasteiger partial charge in [-0.3, -0.25) is 19.8 Å². The van der Waals surface area contributed by atoms with Gasteiger partial charge in [-0.25, -0.2) is 0 Å². The van der Waals surface area contributed by atoms with Crippen LogP contribution in [0.4, 0.5) is 5.69 Å². The Labute approximate surface area is 222 Å². The molecule has 3 aromatic carbocycles. The summed E-state index contributed by atoms with van der Waals surface area (Å²) in [5.41, 5.74) is 1.68. The summed E-state index contributed by atoms with van der Waals surface area (Å²) in [5, 5.41) is 3.64. The third-order valence-electron chi connectivity index (χ3n) is 5.05. The van der Waals surface area contributed by atoms with E-state index in [4.69, 9.17) is 56.5 Å². The van der Waals surface area contributed by atoms with E-state index in [-0.39, 0.29) is 22.3 Å². The van der Waals surface area contributed by atoms with Gasteiger partial charge in [0.15, 0.2) is 16.6 Å². The molecule has 4 rings (SSSR count). The standard InChI is InChI=1S/C25H17Cl3N2O4S/c1-33-21-12-15(11-20(28)22(21)34-13-14-7-8-18(26)19(27)10-14)9-17-23(31)29-25(35)30(24(17)32)16-5-3-2-4-6-16/h2-12H,13H2,1H3,(H,29,31,35)/b17-9-. The van der Waals surface area contributed by atoms with Crippen LogP contribution in [0.25, 0.3) is 6.08 Å². The van der Waals surface area contributed by atoms with Gasteiger partial charge in [0.1, 0.15) is 12.2 Å². The second kappa shape index (κ2) is 10.7. The highest BCUT2D eigenvalue weighted by Crippen LogP contribution is 2.38. The van der Waals surface area contributed by atoms with Crippen LogP contribution < -0.4 is 19.7 Å². The van der Waals surface area contributed by atoms with Crippen molar-refractivity contribution in [2.75, 3.05) is 12.0 Å². The molecule has 0 aromatic heterocycles. The maximum Gasteiger partial charge on any atom is 0.270 e. The number of ether oxygens (including phenoxy) is 2. The summed E-state index contributed by atoms with van der Waals surface area (Å²) in [6.07, 6.45) is 1.42. The fraction of sp³-hybridized carbons (Fsp3) is 0.0800. The summed E-state index contributed by atoms with van der Waals surface area (Å²) in [7, 11) is 1.46. The summed E-state index contributed by atoms with van der Waals surface area (Å²) in [6.45, 7) is 0.164. The minimum atomic E-state index is -0.609. The quantitative estimate of drug-likeness (QED) is 0.231. The molecule has 0 unspecified atom stereocenters. The number of para-hydroxylation sites is 1. The van der Waals surface area contributed by atoms with E-state index in [0.29, 0.717) is 32.8 Å². The predicted octanol–water partition coefficient (Wildman–Crippen LogP) is 6.07. The van der Waals surface area contributed by atoms with E-state index >= 15 is 0 Å². The minimum Gasteiger partial charge on any atom is -0.493 e. The second-order valence-electron chi connectivity index (χ2n) is 7.36. The van der Waals surface area contributed by atoms with Gasteiger partial charge in [0.25, 0.3) is 11.8 Å². The Morgan fingerprint density at radius 2 is 1.71 bits per heavy atom. The van der Waals surface area contributed by atoms with Crippen molar-refractivity contribution in [2.24, 2.45) is 0 Å². The number of thiocarbonyl (C=S) groups is 1. The lowest BCUT2D eigenvalue weighted by atomic mass is 10.1. The first-order valence-electron chi connectivity index (χ1n) is 10.2. The summed E-state index contributed by atoms with van der Waals surface area (Å²) >= 11 is 23.7. The molecule has 1 N–H and O–H groups in total. The van der Waals surface area contributed by atoms with Gasteiger partial charge in [-0.1, -0.05) is 59.1 Å². The molecule has 3 aromatic rings. The van der Waals surface area contributed by atoms with E-state index in [1.807, 2.05) is 6.07 Å². The first-order valence-corrected chi connectivity index (χ1v) is 11.7. The lowest BCUT2D eigenvalue weighted by molar-refractivity contribution is -0.122. The number of nitrogens with one attached hydrogen (secondary N) is 1. The highest BCUT2D eigenvalue weighted by molar-refractivity contribution is 7.80. The number of carbonyl (C=O) groups excluding carboxylic acids is 2. The number of nitrogens with zero attached hydrogens (tertiary/aromatic N) is 1. The highest BCUT2D eigenvalue weighted by atomic mass is 35.5. The summed E-state index contributed by atoms with van der Waals surface area (Å²) in [4.78, 5) is 27.0. The van der Waals surface area contributed by atoms with E-state index in [1.54, 1.807) is 54.6 Å². The number of anilines is 1. The molecule has 10 heteroatoms. The van der Waals surface area contributed by atoms with E-state index in [1.165, 1.54) is 18.1 Å². The third-order valence-corrected chi connectivity index (χ3v) is 6.35. The fourth-order valence-electron chi connectivity index (χ4n) is 3.38. The Balaban J connectivity index is 1.63. The van der Waals surface area contributed by atoms with Gasteiger partial charge in [0, 0.05) is 0 Å². The number of benzene rings is 3. The third kappa shape index (κ3) is 5.44. The van der Waals surface area contributed by atoms with Crippen molar-refractivity contribution in [1.82, 2.24) is 5.32 Å². The van der Waals surface area contributed by atoms with Crippen molar-refractivity contribution < 1.29 is 19.1 Å². The summed E-state index contributed by atoms with van der Waals surface area (Å²) in [5.74, 6) is -0.542. The van der Waals surface area contributed by atoms with Gasteiger partial charge in [-0.15, -0.1) is 0 Å². The molecule has 6 nitrogen and oxygen atoms in total.